The summed E-state index contributed by atoms with van der Waals surface area (Å²) in [5.41, 5.74) is 4.77. The first-order valence-corrected chi connectivity index (χ1v) is 11.0. The molecule has 0 radical (unpaired) electrons. The summed E-state index contributed by atoms with van der Waals surface area (Å²) >= 11 is 1.66. The van der Waals surface area contributed by atoms with Crippen LogP contribution in [0.4, 0.5) is 0 Å². The number of ether oxygens (including phenoxy) is 1. The molecule has 1 aromatic heterocycles. The predicted octanol–water partition coefficient (Wildman–Crippen LogP) is 5.65. The molecular formula is C25H25N3OS. The summed E-state index contributed by atoms with van der Waals surface area (Å²) in [4.78, 5) is 0. The van der Waals surface area contributed by atoms with Gasteiger partial charge in [0.05, 0.1) is 6.61 Å². The molecule has 30 heavy (non-hydrogen) atoms. The summed E-state index contributed by atoms with van der Waals surface area (Å²) in [6.07, 6.45) is 0.738. The van der Waals surface area contributed by atoms with Gasteiger partial charge in [-0.1, -0.05) is 77.5 Å². The van der Waals surface area contributed by atoms with E-state index >= 15 is 0 Å². The maximum Gasteiger partial charge on any atom is 0.195 e. The van der Waals surface area contributed by atoms with E-state index in [-0.39, 0.29) is 0 Å². The van der Waals surface area contributed by atoms with E-state index < -0.39 is 0 Å². The number of hydrogen-bond donors (Lipinski definition) is 0. The summed E-state index contributed by atoms with van der Waals surface area (Å²) in [6, 6.07) is 27.0. The van der Waals surface area contributed by atoms with E-state index in [1.54, 1.807) is 11.8 Å². The molecule has 4 nitrogen and oxygen atoms in total. The predicted molar refractivity (Wildman–Crippen MR) is 123 cm³/mol. The third-order valence-corrected chi connectivity index (χ3v) is 5.70. The lowest BCUT2D eigenvalue weighted by atomic mass is 10.1. The first-order valence-electron chi connectivity index (χ1n) is 10.1. The number of benzene rings is 3. The number of rotatable bonds is 8. The van der Waals surface area contributed by atoms with Crippen LogP contribution in [0.1, 0.15) is 22.5 Å². The van der Waals surface area contributed by atoms with Gasteiger partial charge >= 0.3 is 0 Å². The molecule has 0 aliphatic heterocycles. The van der Waals surface area contributed by atoms with Crippen LogP contribution < -0.4 is 4.74 Å². The molecule has 5 heteroatoms. The quantitative estimate of drug-likeness (QED) is 0.276. The number of thioether (sulfide) groups is 1. The van der Waals surface area contributed by atoms with Crippen LogP contribution in [-0.2, 0) is 6.42 Å². The average Bonchev–Trinajstić information content (AvgIpc) is 3.16. The lowest BCUT2D eigenvalue weighted by Crippen LogP contribution is -2.05. The van der Waals surface area contributed by atoms with Gasteiger partial charge in [0.2, 0.25) is 0 Å². The maximum atomic E-state index is 5.87. The molecular weight excluding hydrogens is 390 g/mol. The molecule has 0 amide bonds. The normalized spacial score (nSPS) is 10.9. The second kappa shape index (κ2) is 9.63. The van der Waals surface area contributed by atoms with E-state index in [4.69, 9.17) is 4.74 Å². The van der Waals surface area contributed by atoms with Gasteiger partial charge in [-0.2, -0.15) is 0 Å². The van der Waals surface area contributed by atoms with E-state index in [9.17, 15) is 0 Å². The van der Waals surface area contributed by atoms with Crippen LogP contribution in [-0.4, -0.2) is 27.1 Å². The molecule has 3 aromatic carbocycles. The van der Waals surface area contributed by atoms with Gasteiger partial charge in [0, 0.05) is 17.9 Å². The highest BCUT2D eigenvalue weighted by atomic mass is 32.2. The number of aryl methyl sites for hydroxylation is 2. The Hall–Kier alpha value is -3.05. The van der Waals surface area contributed by atoms with E-state index in [2.05, 4.69) is 89.3 Å². The highest BCUT2D eigenvalue weighted by Crippen LogP contribution is 2.24. The van der Waals surface area contributed by atoms with Gasteiger partial charge in [-0.15, -0.1) is 10.2 Å². The molecule has 4 aromatic rings. The number of hydrogen-bond acceptors (Lipinski definition) is 4. The van der Waals surface area contributed by atoms with E-state index in [0.717, 1.165) is 34.6 Å². The molecule has 0 bridgehead atoms. The second-order valence-electron chi connectivity index (χ2n) is 7.24. The Bertz CT molecular complexity index is 1070. The van der Waals surface area contributed by atoms with Gasteiger partial charge in [0.15, 0.2) is 5.16 Å². The van der Waals surface area contributed by atoms with Crippen molar-refractivity contribution in [3.63, 3.8) is 0 Å². The van der Waals surface area contributed by atoms with Crippen molar-refractivity contribution in [1.29, 1.82) is 0 Å². The lowest BCUT2D eigenvalue weighted by Gasteiger charge is -2.11. The van der Waals surface area contributed by atoms with Crippen LogP contribution in [0.15, 0.2) is 84.0 Å². The van der Waals surface area contributed by atoms with Crippen LogP contribution in [0.25, 0.3) is 5.69 Å². The Morgan fingerprint density at radius 2 is 1.47 bits per heavy atom. The van der Waals surface area contributed by atoms with Gasteiger partial charge in [-0.3, -0.25) is 4.57 Å². The van der Waals surface area contributed by atoms with Crippen molar-refractivity contribution in [3.8, 4) is 11.4 Å². The molecule has 0 atom stereocenters. The summed E-state index contributed by atoms with van der Waals surface area (Å²) < 4.78 is 8.02. The van der Waals surface area contributed by atoms with Crippen molar-refractivity contribution in [3.05, 3.63) is 101 Å². The number of aromatic nitrogens is 3. The van der Waals surface area contributed by atoms with Gasteiger partial charge < -0.3 is 4.74 Å². The molecule has 0 saturated carbocycles. The fourth-order valence-electron chi connectivity index (χ4n) is 3.17. The van der Waals surface area contributed by atoms with Crippen molar-refractivity contribution in [2.75, 3.05) is 12.4 Å². The molecule has 0 aliphatic rings. The first-order chi connectivity index (χ1) is 14.7. The molecule has 1 heterocycles. The van der Waals surface area contributed by atoms with Crippen LogP contribution in [0.3, 0.4) is 0 Å². The smallest absolute Gasteiger partial charge is 0.195 e. The Kier molecular flexibility index (Phi) is 6.50. The number of nitrogens with zero attached hydrogens (tertiary/aromatic N) is 3. The van der Waals surface area contributed by atoms with E-state index in [1.165, 1.54) is 16.7 Å². The zero-order valence-electron chi connectivity index (χ0n) is 17.3. The molecule has 0 aliphatic carbocycles. The molecule has 0 fully saturated rings. The Balaban J connectivity index is 1.50. The minimum Gasteiger partial charge on any atom is -0.493 e. The molecule has 0 saturated heterocycles. The van der Waals surface area contributed by atoms with E-state index in [0.29, 0.717) is 6.61 Å². The maximum absolute atomic E-state index is 5.87. The molecule has 4 rings (SSSR count). The Morgan fingerprint density at radius 1 is 0.800 bits per heavy atom. The summed E-state index contributed by atoms with van der Waals surface area (Å²) in [5, 5.41) is 9.88. The highest BCUT2D eigenvalue weighted by Gasteiger charge is 2.15. The highest BCUT2D eigenvalue weighted by molar-refractivity contribution is 7.99. The summed E-state index contributed by atoms with van der Waals surface area (Å²) in [5.74, 6) is 2.63. The van der Waals surface area contributed by atoms with Crippen molar-refractivity contribution < 1.29 is 4.74 Å². The van der Waals surface area contributed by atoms with Crippen molar-refractivity contribution in [1.82, 2.24) is 14.8 Å². The lowest BCUT2D eigenvalue weighted by molar-refractivity contribution is 0.344. The first kappa shape index (κ1) is 20.2. The van der Waals surface area contributed by atoms with Gasteiger partial charge in [-0.05, 0) is 43.7 Å². The van der Waals surface area contributed by atoms with Gasteiger partial charge in [0.25, 0.3) is 0 Å². The third-order valence-electron chi connectivity index (χ3n) is 4.80. The Morgan fingerprint density at radius 3 is 2.17 bits per heavy atom. The Labute approximate surface area is 181 Å². The zero-order valence-corrected chi connectivity index (χ0v) is 18.1. The fourth-order valence-corrected chi connectivity index (χ4v) is 3.95. The molecule has 0 unspecified atom stereocenters. The summed E-state index contributed by atoms with van der Waals surface area (Å²) in [6.45, 7) is 4.78. The van der Waals surface area contributed by atoms with Gasteiger partial charge in [0.1, 0.15) is 11.6 Å². The van der Waals surface area contributed by atoms with E-state index in [1.807, 2.05) is 18.2 Å². The SMILES string of the molecule is Cc1ccc(OCCSc2nnc(Cc3ccccc3)n2-c2ccc(C)cc2)cc1. The van der Waals surface area contributed by atoms with Crippen LogP contribution >= 0.6 is 11.8 Å². The summed E-state index contributed by atoms with van der Waals surface area (Å²) in [7, 11) is 0. The van der Waals surface area contributed by atoms with Crippen LogP contribution in [0.2, 0.25) is 0 Å². The van der Waals surface area contributed by atoms with Gasteiger partial charge in [-0.25, -0.2) is 0 Å². The van der Waals surface area contributed by atoms with Crippen LogP contribution in [0.5, 0.6) is 5.75 Å². The third kappa shape index (κ3) is 5.10. The second-order valence-corrected chi connectivity index (χ2v) is 8.30. The van der Waals surface area contributed by atoms with Crippen molar-refractivity contribution >= 4 is 11.8 Å². The van der Waals surface area contributed by atoms with Crippen molar-refractivity contribution in [2.45, 2.75) is 25.4 Å². The molecule has 0 N–H and O–H groups in total. The van der Waals surface area contributed by atoms with Crippen molar-refractivity contribution in [2.24, 2.45) is 0 Å². The molecule has 0 spiro atoms. The molecule has 152 valence electrons. The van der Waals surface area contributed by atoms with Crippen LogP contribution in [0, 0.1) is 13.8 Å². The largest absolute Gasteiger partial charge is 0.493 e. The monoisotopic (exact) mass is 415 g/mol. The zero-order chi connectivity index (χ0) is 20.8. The minimum absolute atomic E-state index is 0.614. The fraction of sp³-hybridized carbons (Fsp3) is 0.200. The standard InChI is InChI=1S/C25H25N3OS/c1-19-8-12-22(13-9-19)28-24(18-21-6-4-3-5-7-21)26-27-25(28)30-17-16-29-23-14-10-20(2)11-15-23/h3-15H,16-18H2,1-2H3. The average molecular weight is 416 g/mol. The topological polar surface area (TPSA) is 39.9 Å². The minimum atomic E-state index is 0.614.